The minimum atomic E-state index is -0.193. The summed E-state index contributed by atoms with van der Waals surface area (Å²) in [4.78, 5) is 1.04. The second-order valence-electron chi connectivity index (χ2n) is 5.53. The topological polar surface area (TPSA) is 20.2 Å². The summed E-state index contributed by atoms with van der Waals surface area (Å²) in [6, 6.07) is 21.4. The summed E-state index contributed by atoms with van der Waals surface area (Å²) in [5.41, 5.74) is 2.78. The molecule has 2 heteroatoms. The van der Waals surface area contributed by atoms with Gasteiger partial charge in [-0.15, -0.1) is 0 Å². The molecule has 0 aromatic heterocycles. The van der Waals surface area contributed by atoms with Crippen molar-refractivity contribution in [2.24, 2.45) is 5.92 Å². The van der Waals surface area contributed by atoms with Gasteiger partial charge in [0, 0.05) is 0 Å². The molecule has 3 rings (SSSR count). The van der Waals surface area contributed by atoms with E-state index >= 15 is 0 Å². The predicted octanol–water partition coefficient (Wildman–Crippen LogP) is 3.57. The van der Waals surface area contributed by atoms with Gasteiger partial charge in [-0.2, -0.15) is 0 Å². The Kier molecular flexibility index (Phi) is 4.26. The van der Waals surface area contributed by atoms with E-state index in [2.05, 4.69) is 67.6 Å². The van der Waals surface area contributed by atoms with E-state index in [1.807, 2.05) is 0 Å². The van der Waals surface area contributed by atoms with E-state index in [1.165, 1.54) is 11.1 Å². The Morgan fingerprint density at radius 1 is 0.900 bits per heavy atom. The molecular formula is C18H20OSe. The Labute approximate surface area is 127 Å². The standard InChI is InChI=1S/C18H20OSe/c1-13-16(19)12-17(14-8-4-2-5-9-14)20-18(13)15-10-6-3-7-11-15/h2-11,13,16-19H,12H2,1H3/t13-,16-,17+,18-/m1/s1. The van der Waals surface area contributed by atoms with Gasteiger partial charge in [0.05, 0.1) is 0 Å². The molecule has 1 heterocycles. The summed E-state index contributed by atoms with van der Waals surface area (Å²) in [5.74, 6) is 0.359. The maximum atomic E-state index is 10.5. The van der Waals surface area contributed by atoms with Gasteiger partial charge in [0.15, 0.2) is 0 Å². The Morgan fingerprint density at radius 3 is 2.05 bits per heavy atom. The molecule has 4 atom stereocenters. The number of hydrogen-bond acceptors (Lipinski definition) is 1. The summed E-state index contributed by atoms with van der Waals surface area (Å²) in [5, 5.41) is 10.5. The van der Waals surface area contributed by atoms with Crippen LogP contribution in [0.2, 0.25) is 0 Å². The van der Waals surface area contributed by atoms with Crippen LogP contribution in [0.5, 0.6) is 0 Å². The van der Waals surface area contributed by atoms with Crippen molar-refractivity contribution in [3.8, 4) is 0 Å². The van der Waals surface area contributed by atoms with Gasteiger partial charge in [-0.3, -0.25) is 0 Å². The van der Waals surface area contributed by atoms with Crippen molar-refractivity contribution < 1.29 is 5.11 Å². The van der Waals surface area contributed by atoms with Crippen molar-refractivity contribution in [2.75, 3.05) is 0 Å². The number of aliphatic hydroxyl groups excluding tert-OH is 1. The third-order valence-electron chi connectivity index (χ3n) is 4.15. The molecule has 1 nitrogen and oxygen atoms in total. The molecule has 2 aromatic rings. The van der Waals surface area contributed by atoms with Crippen LogP contribution in [0.15, 0.2) is 60.7 Å². The molecule has 0 amide bonds. The molecule has 1 saturated heterocycles. The first kappa shape index (κ1) is 13.9. The van der Waals surface area contributed by atoms with Crippen molar-refractivity contribution in [3.05, 3.63) is 71.8 Å². The van der Waals surface area contributed by atoms with Crippen LogP contribution in [0.25, 0.3) is 0 Å². The zero-order valence-corrected chi connectivity index (χ0v) is 13.4. The van der Waals surface area contributed by atoms with Gasteiger partial charge in [0.25, 0.3) is 0 Å². The summed E-state index contributed by atoms with van der Waals surface area (Å²) in [7, 11) is 0. The number of hydrogen-bond donors (Lipinski definition) is 1. The Balaban J connectivity index is 1.87. The zero-order valence-electron chi connectivity index (χ0n) is 11.6. The third kappa shape index (κ3) is 2.83. The average molecular weight is 331 g/mol. The zero-order chi connectivity index (χ0) is 13.9. The van der Waals surface area contributed by atoms with Crippen LogP contribution in [0.4, 0.5) is 0 Å². The van der Waals surface area contributed by atoms with Gasteiger partial charge in [0.2, 0.25) is 0 Å². The number of aliphatic hydroxyl groups is 1. The van der Waals surface area contributed by atoms with Gasteiger partial charge in [-0.25, -0.2) is 0 Å². The molecule has 1 fully saturated rings. The van der Waals surface area contributed by atoms with Crippen LogP contribution < -0.4 is 0 Å². The van der Waals surface area contributed by atoms with Crippen molar-refractivity contribution >= 4 is 15.0 Å². The van der Waals surface area contributed by atoms with E-state index in [0.717, 1.165) is 6.42 Å². The van der Waals surface area contributed by atoms with Crippen molar-refractivity contribution in [2.45, 2.75) is 29.1 Å². The van der Waals surface area contributed by atoms with E-state index in [0.29, 0.717) is 30.5 Å². The van der Waals surface area contributed by atoms with E-state index in [-0.39, 0.29) is 6.10 Å². The van der Waals surface area contributed by atoms with Gasteiger partial charge in [-0.1, -0.05) is 0 Å². The van der Waals surface area contributed by atoms with Crippen molar-refractivity contribution in [3.63, 3.8) is 0 Å². The maximum absolute atomic E-state index is 10.5. The molecule has 0 aliphatic carbocycles. The summed E-state index contributed by atoms with van der Waals surface area (Å²) < 4.78 is 0. The van der Waals surface area contributed by atoms with Crippen molar-refractivity contribution in [1.82, 2.24) is 0 Å². The average Bonchev–Trinajstić information content (AvgIpc) is 2.51. The van der Waals surface area contributed by atoms with E-state index in [1.54, 1.807) is 0 Å². The van der Waals surface area contributed by atoms with Crippen LogP contribution in [-0.4, -0.2) is 26.2 Å². The Hall–Kier alpha value is -1.08. The van der Waals surface area contributed by atoms with Crippen LogP contribution >= 0.6 is 0 Å². The van der Waals surface area contributed by atoms with Crippen molar-refractivity contribution in [1.29, 1.82) is 0 Å². The van der Waals surface area contributed by atoms with Crippen LogP contribution in [0, 0.1) is 5.92 Å². The SMILES string of the molecule is C[C@@H]1[C@H](O)C[C@@H](c2ccccc2)[Se][C@H]1c1ccccc1. The molecule has 1 aliphatic rings. The van der Waals surface area contributed by atoms with E-state index in [4.69, 9.17) is 0 Å². The molecule has 0 spiro atoms. The second kappa shape index (κ2) is 6.13. The minimum absolute atomic E-state index is 0.193. The Bertz CT molecular complexity index is 540. The quantitative estimate of drug-likeness (QED) is 0.834. The number of benzene rings is 2. The predicted molar refractivity (Wildman–Crippen MR) is 83.9 cm³/mol. The first-order valence-electron chi connectivity index (χ1n) is 7.19. The van der Waals surface area contributed by atoms with Gasteiger partial charge >= 0.3 is 127 Å². The Morgan fingerprint density at radius 2 is 1.45 bits per heavy atom. The van der Waals surface area contributed by atoms with Gasteiger partial charge in [-0.05, 0) is 0 Å². The van der Waals surface area contributed by atoms with Crippen LogP contribution in [0.3, 0.4) is 0 Å². The number of rotatable bonds is 2. The fourth-order valence-corrected chi connectivity index (χ4v) is 6.51. The summed E-state index contributed by atoms with van der Waals surface area (Å²) in [6.45, 7) is 2.20. The van der Waals surface area contributed by atoms with E-state index in [9.17, 15) is 5.11 Å². The first-order chi connectivity index (χ1) is 9.75. The van der Waals surface area contributed by atoms with Crippen LogP contribution in [0.1, 0.15) is 34.1 Å². The molecule has 1 aliphatic heterocycles. The first-order valence-corrected chi connectivity index (χ1v) is 9.17. The van der Waals surface area contributed by atoms with E-state index < -0.39 is 0 Å². The fraction of sp³-hybridized carbons (Fsp3) is 0.333. The molecule has 0 saturated carbocycles. The molecule has 0 radical (unpaired) electrons. The second-order valence-corrected chi connectivity index (χ2v) is 8.36. The summed E-state index contributed by atoms with van der Waals surface area (Å²) in [6.07, 6.45) is 0.718. The molecule has 0 bridgehead atoms. The molecule has 104 valence electrons. The normalized spacial score (nSPS) is 30.1. The monoisotopic (exact) mass is 332 g/mol. The molecule has 1 N–H and O–H groups in total. The third-order valence-corrected chi connectivity index (χ3v) is 7.90. The molecule has 20 heavy (non-hydrogen) atoms. The molecular weight excluding hydrogens is 311 g/mol. The van der Waals surface area contributed by atoms with Crippen LogP contribution in [-0.2, 0) is 0 Å². The fourth-order valence-electron chi connectivity index (χ4n) is 2.90. The molecule has 2 aromatic carbocycles. The molecule has 0 unspecified atom stereocenters. The summed E-state index contributed by atoms with van der Waals surface area (Å²) >= 11 is 0.487. The van der Waals surface area contributed by atoms with Gasteiger partial charge in [0.1, 0.15) is 0 Å². The van der Waals surface area contributed by atoms with Gasteiger partial charge < -0.3 is 0 Å².